The van der Waals surface area contributed by atoms with E-state index in [1.165, 1.54) is 18.4 Å². The number of nitrogens with zero attached hydrogens (tertiary/aromatic N) is 3. The number of rotatable bonds is 5. The Labute approximate surface area is 178 Å². The zero-order valence-corrected chi connectivity index (χ0v) is 18.6. The van der Waals surface area contributed by atoms with Gasteiger partial charge in [0.15, 0.2) is 6.29 Å². The average Bonchev–Trinajstić information content (AvgIpc) is 3.47. The number of carbonyl (C=O) groups excluding carboxylic acids is 1. The van der Waals surface area contributed by atoms with E-state index >= 15 is 0 Å². The van der Waals surface area contributed by atoms with Gasteiger partial charge in [-0.25, -0.2) is 12.7 Å². The van der Waals surface area contributed by atoms with E-state index in [1.807, 2.05) is 4.90 Å². The van der Waals surface area contributed by atoms with Gasteiger partial charge in [-0.05, 0) is 43.9 Å². The van der Waals surface area contributed by atoms with Gasteiger partial charge in [0.05, 0.1) is 23.7 Å². The summed E-state index contributed by atoms with van der Waals surface area (Å²) in [6, 6.07) is 4.95. The topological polar surface area (TPSA) is 79.4 Å². The highest BCUT2D eigenvalue weighted by Crippen LogP contribution is 2.31. The van der Waals surface area contributed by atoms with Crippen LogP contribution < -0.4 is 4.90 Å². The summed E-state index contributed by atoms with van der Waals surface area (Å²) in [6.45, 7) is 4.18. The summed E-state index contributed by atoms with van der Waals surface area (Å²) in [5.41, 5.74) is 1.29. The minimum absolute atomic E-state index is 0.115. The molecule has 166 valence electrons. The van der Waals surface area contributed by atoms with Crippen molar-refractivity contribution in [1.29, 1.82) is 0 Å². The van der Waals surface area contributed by atoms with Crippen LogP contribution in [0.1, 0.15) is 36.0 Å². The van der Waals surface area contributed by atoms with Crippen LogP contribution in [0.5, 0.6) is 0 Å². The van der Waals surface area contributed by atoms with E-state index in [0.717, 1.165) is 44.5 Å². The minimum atomic E-state index is -3.62. The molecular weight excluding hydrogens is 406 g/mol. The Balaban J connectivity index is 1.65. The normalized spacial score (nSPS) is 23.5. The van der Waals surface area contributed by atoms with Crippen LogP contribution >= 0.6 is 0 Å². The molecule has 3 fully saturated rings. The van der Waals surface area contributed by atoms with Crippen molar-refractivity contribution in [2.75, 3.05) is 58.4 Å². The van der Waals surface area contributed by atoms with Gasteiger partial charge < -0.3 is 19.3 Å². The highest BCUT2D eigenvalue weighted by molar-refractivity contribution is 7.89. The third kappa shape index (κ3) is 4.21. The van der Waals surface area contributed by atoms with Crippen LogP contribution in [0.3, 0.4) is 0 Å². The fourth-order valence-corrected chi connectivity index (χ4v) is 5.46. The minimum Gasteiger partial charge on any atom is -0.371 e. The maximum Gasteiger partial charge on any atom is 0.256 e. The molecule has 0 spiro atoms. The van der Waals surface area contributed by atoms with Crippen LogP contribution in [0.15, 0.2) is 23.1 Å². The zero-order chi connectivity index (χ0) is 21.3. The highest BCUT2D eigenvalue weighted by Gasteiger charge is 2.34. The summed E-state index contributed by atoms with van der Waals surface area (Å²) in [7, 11) is -0.620. The molecule has 1 atom stereocenters. The average molecular weight is 438 g/mol. The number of amides is 1. The van der Waals surface area contributed by atoms with Gasteiger partial charge in [0.2, 0.25) is 10.0 Å². The van der Waals surface area contributed by atoms with Crippen molar-refractivity contribution in [2.24, 2.45) is 5.92 Å². The second-order valence-corrected chi connectivity index (χ2v) is 10.6. The monoisotopic (exact) mass is 437 g/mol. The van der Waals surface area contributed by atoms with Gasteiger partial charge in [0.25, 0.3) is 5.91 Å². The number of hydrogen-bond acceptors (Lipinski definition) is 6. The highest BCUT2D eigenvalue weighted by atomic mass is 32.2. The van der Waals surface area contributed by atoms with E-state index in [9.17, 15) is 13.2 Å². The van der Waals surface area contributed by atoms with Crippen LogP contribution in [-0.4, -0.2) is 83.3 Å². The summed E-state index contributed by atoms with van der Waals surface area (Å²) in [5, 5.41) is 0. The summed E-state index contributed by atoms with van der Waals surface area (Å²) in [6.07, 6.45) is 3.75. The number of likely N-dealkylation sites (tertiary alicyclic amines) is 1. The number of anilines is 1. The third-order valence-corrected chi connectivity index (χ3v) is 8.01. The fraction of sp³-hybridized carbons (Fsp3) is 0.667. The van der Waals surface area contributed by atoms with Gasteiger partial charge in [0, 0.05) is 51.9 Å². The molecule has 30 heavy (non-hydrogen) atoms. The largest absolute Gasteiger partial charge is 0.371 e. The second kappa shape index (κ2) is 8.82. The number of ether oxygens (including phenoxy) is 2. The molecule has 0 N–H and O–H groups in total. The molecular formula is C21H31N3O5S. The lowest BCUT2D eigenvalue weighted by atomic mass is 9.96. The maximum atomic E-state index is 13.6. The molecule has 0 saturated carbocycles. The van der Waals surface area contributed by atoms with Gasteiger partial charge in [-0.1, -0.05) is 0 Å². The van der Waals surface area contributed by atoms with Crippen molar-refractivity contribution in [3.63, 3.8) is 0 Å². The van der Waals surface area contributed by atoms with E-state index in [1.54, 1.807) is 18.2 Å². The molecule has 0 bridgehead atoms. The molecule has 3 saturated heterocycles. The molecule has 3 aliphatic heterocycles. The lowest BCUT2D eigenvalue weighted by Gasteiger charge is -2.35. The first kappa shape index (κ1) is 21.5. The molecule has 3 heterocycles. The SMILES string of the molecule is CN(C)S(=O)(=O)c1ccc(N2CCCC2)c(C(=O)N2CCCC(C3OCCO3)C2)c1. The lowest BCUT2D eigenvalue weighted by molar-refractivity contribution is -0.0969. The smallest absolute Gasteiger partial charge is 0.256 e. The van der Waals surface area contributed by atoms with Crippen molar-refractivity contribution < 1.29 is 22.7 Å². The van der Waals surface area contributed by atoms with Crippen LogP contribution in [-0.2, 0) is 19.5 Å². The Morgan fingerprint density at radius 3 is 2.43 bits per heavy atom. The first-order valence-electron chi connectivity index (χ1n) is 10.7. The Morgan fingerprint density at radius 2 is 1.77 bits per heavy atom. The molecule has 1 aromatic carbocycles. The van der Waals surface area contributed by atoms with Gasteiger partial charge in [-0.3, -0.25) is 4.79 Å². The van der Waals surface area contributed by atoms with Crippen molar-refractivity contribution in [2.45, 2.75) is 36.9 Å². The van der Waals surface area contributed by atoms with Gasteiger partial charge >= 0.3 is 0 Å². The van der Waals surface area contributed by atoms with Crippen LogP contribution in [0, 0.1) is 5.92 Å². The van der Waals surface area contributed by atoms with Gasteiger partial charge in [-0.15, -0.1) is 0 Å². The lowest BCUT2D eigenvalue weighted by Crippen LogP contribution is -2.44. The zero-order valence-electron chi connectivity index (χ0n) is 17.7. The maximum absolute atomic E-state index is 13.6. The fourth-order valence-electron chi connectivity index (χ4n) is 4.53. The molecule has 0 aliphatic carbocycles. The van der Waals surface area contributed by atoms with Crippen molar-refractivity contribution in [3.8, 4) is 0 Å². The van der Waals surface area contributed by atoms with Crippen molar-refractivity contribution >= 4 is 21.6 Å². The molecule has 0 radical (unpaired) electrons. The Kier molecular flexibility index (Phi) is 6.34. The summed E-state index contributed by atoms with van der Waals surface area (Å²) < 4.78 is 37.9. The van der Waals surface area contributed by atoms with E-state index in [4.69, 9.17) is 9.47 Å². The summed E-state index contributed by atoms with van der Waals surface area (Å²) >= 11 is 0. The molecule has 1 amide bonds. The molecule has 0 aromatic heterocycles. The molecule has 4 rings (SSSR count). The van der Waals surface area contributed by atoms with Gasteiger partial charge in [0.1, 0.15) is 0 Å². The molecule has 1 aromatic rings. The predicted octanol–water partition coefficient (Wildman–Crippen LogP) is 1.76. The number of piperidine rings is 1. The molecule has 9 heteroatoms. The summed E-state index contributed by atoms with van der Waals surface area (Å²) in [4.78, 5) is 17.8. The Bertz CT molecular complexity index is 877. The number of benzene rings is 1. The van der Waals surface area contributed by atoms with E-state index < -0.39 is 10.0 Å². The van der Waals surface area contributed by atoms with Crippen LogP contribution in [0.4, 0.5) is 5.69 Å². The van der Waals surface area contributed by atoms with Crippen molar-refractivity contribution in [3.05, 3.63) is 23.8 Å². The first-order chi connectivity index (χ1) is 14.4. The van der Waals surface area contributed by atoms with Crippen LogP contribution in [0.2, 0.25) is 0 Å². The van der Waals surface area contributed by atoms with Gasteiger partial charge in [-0.2, -0.15) is 0 Å². The number of hydrogen-bond donors (Lipinski definition) is 0. The first-order valence-corrected chi connectivity index (χ1v) is 12.2. The molecule has 8 nitrogen and oxygen atoms in total. The van der Waals surface area contributed by atoms with E-state index in [0.29, 0.717) is 31.9 Å². The standard InChI is InChI=1S/C21H31N3O5S/c1-22(2)30(26,27)17-7-8-19(23-9-3-4-10-23)18(14-17)20(25)24-11-5-6-16(15-24)21-28-12-13-29-21/h7-8,14,16,21H,3-6,9-13,15H2,1-2H3. The van der Waals surface area contributed by atoms with E-state index in [-0.39, 0.29) is 23.0 Å². The number of sulfonamides is 1. The Morgan fingerprint density at radius 1 is 1.07 bits per heavy atom. The second-order valence-electron chi connectivity index (χ2n) is 8.42. The quantitative estimate of drug-likeness (QED) is 0.699. The number of carbonyl (C=O) groups is 1. The predicted molar refractivity (Wildman–Crippen MR) is 113 cm³/mol. The molecule has 1 unspecified atom stereocenters. The van der Waals surface area contributed by atoms with Crippen LogP contribution in [0.25, 0.3) is 0 Å². The Hall–Kier alpha value is -1.68. The molecule has 3 aliphatic rings. The van der Waals surface area contributed by atoms with E-state index in [2.05, 4.69) is 4.90 Å². The van der Waals surface area contributed by atoms with Crippen molar-refractivity contribution in [1.82, 2.24) is 9.21 Å². The third-order valence-electron chi connectivity index (χ3n) is 6.20. The summed E-state index contributed by atoms with van der Waals surface area (Å²) in [5.74, 6) is 0.0320.